The molecule has 0 fully saturated rings. The average molecular weight is 392 g/mol. The van der Waals surface area contributed by atoms with Gasteiger partial charge in [0, 0.05) is 30.2 Å². The van der Waals surface area contributed by atoms with Crippen molar-refractivity contribution in [1.82, 2.24) is 5.32 Å². The number of ether oxygens (including phenoxy) is 1. The molecular weight excluding hydrogens is 366 g/mol. The minimum absolute atomic E-state index is 0.0552. The average Bonchev–Trinajstić information content (AvgIpc) is 2.69. The predicted octanol–water partition coefficient (Wildman–Crippen LogP) is 3.30. The van der Waals surface area contributed by atoms with E-state index in [0.29, 0.717) is 12.2 Å². The van der Waals surface area contributed by atoms with E-state index in [-0.39, 0.29) is 19.1 Å². The highest BCUT2D eigenvalue weighted by Crippen LogP contribution is 2.15. The first kappa shape index (κ1) is 20.7. The quantitative estimate of drug-likeness (QED) is 0.406. The van der Waals surface area contributed by atoms with E-state index >= 15 is 0 Å². The zero-order valence-electron chi connectivity index (χ0n) is 14.6. The molecule has 0 bridgehead atoms. The number of hydrogen-bond donors (Lipinski definition) is 3. The maximum absolute atomic E-state index is 11.8. The summed E-state index contributed by atoms with van der Waals surface area (Å²) in [4.78, 5) is 11.8. The normalized spacial score (nSPS) is 11.8. The number of aliphatic hydroxyl groups excluding tert-OH is 1. The van der Waals surface area contributed by atoms with Crippen molar-refractivity contribution >= 4 is 30.3 Å². The van der Waals surface area contributed by atoms with Crippen molar-refractivity contribution < 1.29 is 14.6 Å². The van der Waals surface area contributed by atoms with E-state index in [1.165, 1.54) is 11.1 Å². The molecule has 0 heterocycles. The number of para-hydroxylation sites is 1. The lowest BCUT2D eigenvalue weighted by Gasteiger charge is -2.13. The number of benzene rings is 2. The van der Waals surface area contributed by atoms with E-state index < -0.39 is 6.10 Å². The van der Waals surface area contributed by atoms with Gasteiger partial charge >= 0.3 is 0 Å². The summed E-state index contributed by atoms with van der Waals surface area (Å²) < 4.78 is 5.46. The fraction of sp³-hybridized carbons (Fsp3) is 0.350. The van der Waals surface area contributed by atoms with Crippen LogP contribution in [0, 0.1) is 0 Å². The Kier molecular flexibility index (Phi) is 9.45. The molecule has 140 valence electrons. The minimum atomic E-state index is -0.726. The summed E-state index contributed by atoms with van der Waals surface area (Å²) in [6.45, 7) is 0.348. The Balaban J connectivity index is 1.55. The standard InChI is InChI=1S/C20H25NO3S2/c22-18(13-24-19-7-2-1-3-8-19)12-21-20(23)9-10-26-15-17-6-4-5-16(11-17)14-25/h1-8,11,18,22,25H,9-10,12-15H2,(H,21,23). The van der Waals surface area contributed by atoms with Crippen molar-refractivity contribution in [2.45, 2.75) is 24.0 Å². The van der Waals surface area contributed by atoms with Gasteiger partial charge in [-0.3, -0.25) is 4.79 Å². The summed E-state index contributed by atoms with van der Waals surface area (Å²) in [5.41, 5.74) is 2.45. The van der Waals surface area contributed by atoms with Gasteiger partial charge in [0.15, 0.2) is 0 Å². The molecule has 4 nitrogen and oxygen atoms in total. The van der Waals surface area contributed by atoms with Gasteiger partial charge in [-0.15, -0.1) is 0 Å². The van der Waals surface area contributed by atoms with Crippen LogP contribution < -0.4 is 10.1 Å². The maximum Gasteiger partial charge on any atom is 0.220 e. The number of hydrogen-bond acceptors (Lipinski definition) is 5. The Hall–Kier alpha value is -1.63. The van der Waals surface area contributed by atoms with Crippen LogP contribution in [0.15, 0.2) is 54.6 Å². The summed E-state index contributed by atoms with van der Waals surface area (Å²) in [5, 5.41) is 12.6. The number of rotatable bonds is 11. The van der Waals surface area contributed by atoms with Gasteiger partial charge in [-0.05, 0) is 23.3 Å². The van der Waals surface area contributed by atoms with E-state index in [1.54, 1.807) is 11.8 Å². The second kappa shape index (κ2) is 11.9. The Morgan fingerprint density at radius 3 is 2.69 bits per heavy atom. The van der Waals surface area contributed by atoms with Gasteiger partial charge in [0.05, 0.1) is 0 Å². The van der Waals surface area contributed by atoms with Gasteiger partial charge < -0.3 is 15.2 Å². The third-order valence-electron chi connectivity index (χ3n) is 3.64. The molecule has 2 N–H and O–H groups in total. The molecule has 2 aromatic rings. The highest BCUT2D eigenvalue weighted by molar-refractivity contribution is 7.98. The van der Waals surface area contributed by atoms with Gasteiger partial charge in [0.1, 0.15) is 18.5 Å². The molecule has 0 radical (unpaired) electrons. The van der Waals surface area contributed by atoms with Crippen molar-refractivity contribution in [2.75, 3.05) is 18.9 Å². The number of aliphatic hydroxyl groups is 1. The zero-order chi connectivity index (χ0) is 18.6. The third-order valence-corrected chi connectivity index (χ3v) is 5.03. The van der Waals surface area contributed by atoms with Crippen LogP contribution in [0.2, 0.25) is 0 Å². The molecule has 1 amide bonds. The fourth-order valence-corrected chi connectivity index (χ4v) is 3.35. The Bertz CT molecular complexity index is 667. The Morgan fingerprint density at radius 1 is 1.15 bits per heavy atom. The van der Waals surface area contributed by atoms with Crippen LogP contribution in [0.5, 0.6) is 5.75 Å². The third kappa shape index (κ3) is 8.17. The number of carbonyl (C=O) groups excluding carboxylic acids is 1. The molecule has 1 atom stereocenters. The van der Waals surface area contributed by atoms with E-state index in [1.807, 2.05) is 36.4 Å². The van der Waals surface area contributed by atoms with Crippen LogP contribution in [0.1, 0.15) is 17.5 Å². The molecule has 0 aliphatic carbocycles. The smallest absolute Gasteiger partial charge is 0.220 e. The minimum Gasteiger partial charge on any atom is -0.491 e. The topological polar surface area (TPSA) is 58.6 Å². The maximum atomic E-state index is 11.8. The molecule has 0 saturated carbocycles. The molecule has 1 unspecified atom stereocenters. The molecule has 2 rings (SSSR count). The fourth-order valence-electron chi connectivity index (χ4n) is 2.26. The van der Waals surface area contributed by atoms with Crippen LogP contribution in [0.4, 0.5) is 0 Å². The van der Waals surface area contributed by atoms with Crippen LogP contribution in [0.3, 0.4) is 0 Å². The van der Waals surface area contributed by atoms with Crippen molar-refractivity contribution in [3.63, 3.8) is 0 Å². The first-order valence-corrected chi connectivity index (χ1v) is 10.3. The molecule has 0 aliphatic rings. The van der Waals surface area contributed by atoms with Crippen molar-refractivity contribution in [1.29, 1.82) is 0 Å². The van der Waals surface area contributed by atoms with Crippen LogP contribution >= 0.6 is 24.4 Å². The summed E-state index contributed by atoms with van der Waals surface area (Å²) in [6.07, 6.45) is -0.292. The lowest BCUT2D eigenvalue weighted by Crippen LogP contribution is -2.35. The Labute approximate surface area is 164 Å². The van der Waals surface area contributed by atoms with Crippen LogP contribution in [-0.4, -0.2) is 36.0 Å². The lowest BCUT2D eigenvalue weighted by atomic mass is 10.2. The van der Waals surface area contributed by atoms with Crippen LogP contribution in [0.25, 0.3) is 0 Å². The zero-order valence-corrected chi connectivity index (χ0v) is 16.3. The van der Waals surface area contributed by atoms with E-state index in [4.69, 9.17) is 4.74 Å². The molecule has 0 saturated heterocycles. The first-order valence-electron chi connectivity index (χ1n) is 8.56. The van der Waals surface area contributed by atoms with Gasteiger partial charge in [0.2, 0.25) is 5.91 Å². The number of thiol groups is 1. The molecule has 0 aliphatic heterocycles. The van der Waals surface area contributed by atoms with Crippen molar-refractivity contribution in [3.8, 4) is 5.75 Å². The summed E-state index contributed by atoms with van der Waals surface area (Å²) in [5.74, 6) is 3.00. The van der Waals surface area contributed by atoms with E-state index in [2.05, 4.69) is 36.1 Å². The summed E-state index contributed by atoms with van der Waals surface area (Å²) >= 11 is 6.00. The number of carbonyl (C=O) groups is 1. The Morgan fingerprint density at radius 2 is 1.92 bits per heavy atom. The SMILES string of the molecule is O=C(CCSCc1cccc(CS)c1)NCC(O)COc1ccccc1. The summed E-state index contributed by atoms with van der Waals surface area (Å²) in [6, 6.07) is 17.6. The molecule has 26 heavy (non-hydrogen) atoms. The lowest BCUT2D eigenvalue weighted by molar-refractivity contribution is -0.121. The van der Waals surface area contributed by atoms with Crippen molar-refractivity contribution in [2.24, 2.45) is 0 Å². The number of amides is 1. The van der Waals surface area contributed by atoms with Crippen LogP contribution in [-0.2, 0) is 16.3 Å². The van der Waals surface area contributed by atoms with E-state index in [9.17, 15) is 9.90 Å². The number of nitrogens with one attached hydrogen (secondary N) is 1. The van der Waals surface area contributed by atoms with Gasteiger partial charge in [0.25, 0.3) is 0 Å². The monoisotopic (exact) mass is 391 g/mol. The van der Waals surface area contributed by atoms with Gasteiger partial charge in [-0.2, -0.15) is 24.4 Å². The highest BCUT2D eigenvalue weighted by atomic mass is 32.2. The van der Waals surface area contributed by atoms with E-state index in [0.717, 1.165) is 17.3 Å². The van der Waals surface area contributed by atoms with Gasteiger partial charge in [-0.1, -0.05) is 42.5 Å². The van der Waals surface area contributed by atoms with Gasteiger partial charge in [-0.25, -0.2) is 0 Å². The highest BCUT2D eigenvalue weighted by Gasteiger charge is 2.08. The molecule has 6 heteroatoms. The first-order chi connectivity index (χ1) is 12.7. The predicted molar refractivity (Wildman–Crippen MR) is 111 cm³/mol. The second-order valence-electron chi connectivity index (χ2n) is 5.86. The second-order valence-corrected chi connectivity index (χ2v) is 7.28. The molecular formula is C20H25NO3S2. The largest absolute Gasteiger partial charge is 0.491 e. The van der Waals surface area contributed by atoms with Crippen molar-refractivity contribution in [3.05, 3.63) is 65.7 Å². The number of thioether (sulfide) groups is 1. The summed E-state index contributed by atoms with van der Waals surface area (Å²) in [7, 11) is 0. The molecule has 0 spiro atoms. The molecule has 0 aromatic heterocycles. The molecule has 2 aromatic carbocycles.